The Morgan fingerprint density at radius 3 is 2.52 bits per heavy atom. The van der Waals surface area contributed by atoms with Crippen molar-refractivity contribution in [2.45, 2.75) is 24.0 Å². The second-order valence-corrected chi connectivity index (χ2v) is 6.10. The van der Waals surface area contributed by atoms with Crippen LogP contribution in [0.3, 0.4) is 0 Å². The standard InChI is InChI=1S/C14H17N3O3S/c1-9(13(19)17-8-7-15-14(17)20)21-12-5-3-11(4-6-12)16-10(2)18/h3-6,9H,7-8H2,1-2H3,(H,15,20)(H,16,18)/t9-/m0/s1. The summed E-state index contributed by atoms with van der Waals surface area (Å²) in [6.07, 6.45) is 0. The highest BCUT2D eigenvalue weighted by molar-refractivity contribution is 8.00. The van der Waals surface area contributed by atoms with E-state index < -0.39 is 0 Å². The van der Waals surface area contributed by atoms with Gasteiger partial charge in [0.25, 0.3) is 0 Å². The van der Waals surface area contributed by atoms with Gasteiger partial charge in [0.2, 0.25) is 11.8 Å². The summed E-state index contributed by atoms with van der Waals surface area (Å²) in [7, 11) is 0. The average molecular weight is 307 g/mol. The van der Waals surface area contributed by atoms with E-state index in [2.05, 4.69) is 10.6 Å². The number of benzene rings is 1. The third-order valence-electron chi connectivity index (χ3n) is 2.96. The molecule has 1 fully saturated rings. The Labute approximate surface area is 127 Å². The molecule has 7 heteroatoms. The first-order valence-electron chi connectivity index (χ1n) is 6.61. The molecule has 2 rings (SSSR count). The minimum atomic E-state index is -0.347. The van der Waals surface area contributed by atoms with Crippen LogP contribution in [0.1, 0.15) is 13.8 Å². The number of thioether (sulfide) groups is 1. The van der Waals surface area contributed by atoms with Gasteiger partial charge in [-0.3, -0.25) is 14.5 Å². The molecule has 0 spiro atoms. The number of carbonyl (C=O) groups is 3. The van der Waals surface area contributed by atoms with E-state index in [-0.39, 0.29) is 23.1 Å². The molecule has 1 saturated heterocycles. The van der Waals surface area contributed by atoms with Gasteiger partial charge in [-0.1, -0.05) is 0 Å². The van der Waals surface area contributed by atoms with Crippen LogP contribution < -0.4 is 10.6 Å². The predicted octanol–water partition coefficient (Wildman–Crippen LogP) is 1.68. The van der Waals surface area contributed by atoms with Gasteiger partial charge in [-0.15, -0.1) is 11.8 Å². The Hall–Kier alpha value is -2.02. The van der Waals surface area contributed by atoms with Gasteiger partial charge in [0.15, 0.2) is 0 Å². The van der Waals surface area contributed by atoms with Crippen LogP contribution in [0.4, 0.5) is 10.5 Å². The van der Waals surface area contributed by atoms with E-state index in [9.17, 15) is 14.4 Å². The van der Waals surface area contributed by atoms with Gasteiger partial charge in [-0.25, -0.2) is 4.79 Å². The molecule has 0 aliphatic carbocycles. The molecular formula is C14H17N3O3S. The van der Waals surface area contributed by atoms with Crippen molar-refractivity contribution >= 4 is 35.3 Å². The quantitative estimate of drug-likeness (QED) is 0.830. The molecule has 1 atom stereocenters. The number of carbonyl (C=O) groups excluding carboxylic acids is 3. The fourth-order valence-electron chi connectivity index (χ4n) is 1.98. The van der Waals surface area contributed by atoms with Crippen LogP contribution in [0.15, 0.2) is 29.2 Å². The molecule has 1 aromatic carbocycles. The van der Waals surface area contributed by atoms with Gasteiger partial charge in [0.1, 0.15) is 0 Å². The summed E-state index contributed by atoms with van der Waals surface area (Å²) in [6, 6.07) is 6.91. The third kappa shape index (κ3) is 3.98. The molecule has 1 heterocycles. The second-order valence-electron chi connectivity index (χ2n) is 4.69. The number of nitrogens with one attached hydrogen (secondary N) is 2. The Bertz CT molecular complexity index is 559. The monoisotopic (exact) mass is 307 g/mol. The molecule has 6 nitrogen and oxygen atoms in total. The van der Waals surface area contributed by atoms with Crippen LogP contribution in [0.5, 0.6) is 0 Å². The Kier molecular flexibility index (Phi) is 4.85. The van der Waals surface area contributed by atoms with Gasteiger partial charge in [-0.05, 0) is 31.2 Å². The lowest BCUT2D eigenvalue weighted by Crippen LogP contribution is -2.38. The maximum atomic E-state index is 12.2. The molecular weight excluding hydrogens is 290 g/mol. The van der Waals surface area contributed by atoms with E-state index >= 15 is 0 Å². The van der Waals surface area contributed by atoms with Crippen molar-refractivity contribution in [2.24, 2.45) is 0 Å². The van der Waals surface area contributed by atoms with Crippen molar-refractivity contribution in [3.8, 4) is 0 Å². The number of urea groups is 1. The van der Waals surface area contributed by atoms with Gasteiger partial charge < -0.3 is 10.6 Å². The van der Waals surface area contributed by atoms with Crippen molar-refractivity contribution < 1.29 is 14.4 Å². The van der Waals surface area contributed by atoms with E-state index in [0.29, 0.717) is 18.8 Å². The van der Waals surface area contributed by atoms with E-state index in [0.717, 1.165) is 4.90 Å². The lowest BCUT2D eigenvalue weighted by molar-refractivity contribution is -0.126. The van der Waals surface area contributed by atoms with Crippen molar-refractivity contribution in [2.75, 3.05) is 18.4 Å². The summed E-state index contributed by atoms with van der Waals surface area (Å²) in [4.78, 5) is 36.7. The zero-order chi connectivity index (χ0) is 15.4. The van der Waals surface area contributed by atoms with Crippen LogP contribution in [0.25, 0.3) is 0 Å². The molecule has 0 saturated carbocycles. The highest BCUT2D eigenvalue weighted by Gasteiger charge is 2.29. The number of nitrogens with zero attached hydrogens (tertiary/aromatic N) is 1. The Morgan fingerprint density at radius 1 is 1.33 bits per heavy atom. The predicted molar refractivity (Wildman–Crippen MR) is 81.2 cm³/mol. The zero-order valence-electron chi connectivity index (χ0n) is 11.9. The highest BCUT2D eigenvalue weighted by Crippen LogP contribution is 2.26. The minimum Gasteiger partial charge on any atom is -0.336 e. The Morgan fingerprint density at radius 2 is 2.00 bits per heavy atom. The second kappa shape index (κ2) is 6.62. The molecule has 0 unspecified atom stereocenters. The first kappa shape index (κ1) is 15.4. The summed E-state index contributed by atoms with van der Waals surface area (Å²) in [5, 5.41) is 4.95. The van der Waals surface area contributed by atoms with Crippen LogP contribution in [-0.2, 0) is 9.59 Å². The lowest BCUT2D eigenvalue weighted by atomic mass is 10.3. The third-order valence-corrected chi connectivity index (χ3v) is 4.06. The summed E-state index contributed by atoms with van der Waals surface area (Å²) in [5.74, 6) is -0.320. The first-order chi connectivity index (χ1) is 9.97. The normalized spacial score (nSPS) is 15.5. The van der Waals surface area contributed by atoms with Crippen LogP contribution in [0, 0.1) is 0 Å². The Balaban J connectivity index is 1.95. The number of hydrogen-bond acceptors (Lipinski definition) is 4. The highest BCUT2D eigenvalue weighted by atomic mass is 32.2. The maximum Gasteiger partial charge on any atom is 0.324 e. The van der Waals surface area contributed by atoms with E-state index in [1.165, 1.54) is 23.6 Å². The maximum absolute atomic E-state index is 12.2. The number of rotatable bonds is 4. The first-order valence-corrected chi connectivity index (χ1v) is 7.49. The largest absolute Gasteiger partial charge is 0.336 e. The number of hydrogen-bond donors (Lipinski definition) is 2. The fraction of sp³-hybridized carbons (Fsp3) is 0.357. The average Bonchev–Trinajstić information content (AvgIpc) is 2.85. The molecule has 0 aromatic heterocycles. The van der Waals surface area contributed by atoms with Gasteiger partial charge in [0.05, 0.1) is 5.25 Å². The van der Waals surface area contributed by atoms with Crippen molar-refractivity contribution in [3.63, 3.8) is 0 Å². The smallest absolute Gasteiger partial charge is 0.324 e. The SMILES string of the molecule is CC(=O)Nc1ccc(S[C@@H](C)C(=O)N2CCNC2=O)cc1. The van der Waals surface area contributed by atoms with Crippen molar-refractivity contribution in [1.82, 2.24) is 10.2 Å². The fourth-order valence-corrected chi connectivity index (χ4v) is 2.91. The van der Waals surface area contributed by atoms with Crippen LogP contribution in [-0.4, -0.2) is 41.1 Å². The lowest BCUT2D eigenvalue weighted by Gasteiger charge is -2.17. The van der Waals surface area contributed by atoms with Crippen LogP contribution in [0.2, 0.25) is 0 Å². The van der Waals surface area contributed by atoms with E-state index in [4.69, 9.17) is 0 Å². The molecule has 0 bridgehead atoms. The topological polar surface area (TPSA) is 78.5 Å². The summed E-state index contributed by atoms with van der Waals surface area (Å²) in [5.41, 5.74) is 0.713. The molecule has 112 valence electrons. The van der Waals surface area contributed by atoms with Crippen molar-refractivity contribution in [3.05, 3.63) is 24.3 Å². The minimum absolute atomic E-state index is 0.126. The molecule has 2 N–H and O–H groups in total. The molecule has 4 amide bonds. The molecule has 1 aliphatic rings. The zero-order valence-corrected chi connectivity index (χ0v) is 12.7. The van der Waals surface area contributed by atoms with Gasteiger partial charge in [-0.2, -0.15) is 0 Å². The summed E-state index contributed by atoms with van der Waals surface area (Å²) in [6.45, 7) is 4.15. The molecule has 1 aromatic rings. The number of imide groups is 1. The van der Waals surface area contributed by atoms with Crippen molar-refractivity contribution in [1.29, 1.82) is 0 Å². The summed E-state index contributed by atoms with van der Waals surface area (Å²) >= 11 is 1.38. The number of amides is 4. The van der Waals surface area contributed by atoms with E-state index in [1.54, 1.807) is 19.1 Å². The molecule has 1 aliphatic heterocycles. The number of anilines is 1. The molecule has 21 heavy (non-hydrogen) atoms. The van der Waals surface area contributed by atoms with E-state index in [1.807, 2.05) is 12.1 Å². The van der Waals surface area contributed by atoms with Gasteiger partial charge in [0, 0.05) is 30.6 Å². The molecule has 0 radical (unpaired) electrons. The van der Waals surface area contributed by atoms with Crippen LogP contribution >= 0.6 is 11.8 Å². The van der Waals surface area contributed by atoms with Gasteiger partial charge >= 0.3 is 6.03 Å². The summed E-state index contributed by atoms with van der Waals surface area (Å²) < 4.78 is 0.